The highest BCUT2D eigenvalue weighted by Crippen LogP contribution is 2.44. The van der Waals surface area contributed by atoms with Crippen LogP contribution in [0.3, 0.4) is 0 Å². The molecule has 3 atom stereocenters. The van der Waals surface area contributed by atoms with Gasteiger partial charge in [-0.15, -0.1) is 0 Å². The molecule has 0 aliphatic rings. The van der Waals surface area contributed by atoms with Crippen molar-refractivity contribution < 1.29 is 36.9 Å². The van der Waals surface area contributed by atoms with Crippen LogP contribution in [0.5, 0.6) is 11.5 Å². The van der Waals surface area contributed by atoms with Crippen molar-refractivity contribution in [3.05, 3.63) is 59.7 Å². The zero-order valence-electron chi connectivity index (χ0n) is 17.4. The van der Waals surface area contributed by atoms with Crippen LogP contribution in [0.2, 0.25) is 0 Å². The average Bonchev–Trinajstić information content (AvgIpc) is 2.73. The van der Waals surface area contributed by atoms with Crippen molar-refractivity contribution in [2.75, 3.05) is 21.3 Å². The van der Waals surface area contributed by atoms with E-state index in [9.17, 15) is 18.0 Å². The molecule has 0 radical (unpaired) electrons. The summed E-state index contributed by atoms with van der Waals surface area (Å²) in [6.07, 6.45) is -5.95. The smallest absolute Gasteiger partial charge is 0.432 e. The number of halogens is 3. The Hall–Kier alpha value is -2.74. The molecule has 5 nitrogen and oxygen atoms in total. The Morgan fingerprint density at radius 2 is 1.57 bits per heavy atom. The molecule has 0 fully saturated rings. The summed E-state index contributed by atoms with van der Waals surface area (Å²) in [5, 5.41) is 0. The van der Waals surface area contributed by atoms with Crippen LogP contribution < -0.4 is 9.47 Å². The number of esters is 1. The number of carbonyl (C=O) groups is 1. The van der Waals surface area contributed by atoms with Crippen LogP contribution in [0.1, 0.15) is 30.9 Å². The van der Waals surface area contributed by atoms with Crippen molar-refractivity contribution in [2.24, 2.45) is 0 Å². The topological polar surface area (TPSA) is 54.0 Å². The van der Waals surface area contributed by atoms with Crippen molar-refractivity contribution in [1.82, 2.24) is 0 Å². The minimum atomic E-state index is -5.03. The highest BCUT2D eigenvalue weighted by atomic mass is 19.4. The van der Waals surface area contributed by atoms with E-state index in [2.05, 4.69) is 0 Å². The molecule has 164 valence electrons. The first kappa shape index (κ1) is 23.5. The van der Waals surface area contributed by atoms with E-state index in [-0.39, 0.29) is 5.56 Å². The Morgan fingerprint density at radius 3 is 2.07 bits per heavy atom. The van der Waals surface area contributed by atoms with Crippen molar-refractivity contribution in [3.63, 3.8) is 0 Å². The molecule has 0 heterocycles. The molecule has 0 saturated carbocycles. The molecule has 2 aromatic rings. The van der Waals surface area contributed by atoms with Crippen LogP contribution in [0, 0.1) is 0 Å². The zero-order valence-corrected chi connectivity index (χ0v) is 17.4. The maximum Gasteiger partial charge on any atom is 0.432 e. The second-order valence-electron chi connectivity index (χ2n) is 6.76. The van der Waals surface area contributed by atoms with Gasteiger partial charge in [0, 0.05) is 24.2 Å². The Labute approximate surface area is 173 Å². The predicted molar refractivity (Wildman–Crippen MR) is 105 cm³/mol. The Morgan fingerprint density at radius 1 is 0.933 bits per heavy atom. The first-order valence-corrected chi connectivity index (χ1v) is 9.22. The van der Waals surface area contributed by atoms with Crippen molar-refractivity contribution in [2.45, 2.75) is 37.6 Å². The van der Waals surface area contributed by atoms with Crippen LogP contribution in [0.25, 0.3) is 0 Å². The van der Waals surface area contributed by atoms with Gasteiger partial charge in [-0.25, -0.2) is 4.79 Å². The lowest BCUT2D eigenvalue weighted by molar-refractivity contribution is -0.278. The zero-order chi connectivity index (χ0) is 22.5. The van der Waals surface area contributed by atoms with Gasteiger partial charge in [-0.1, -0.05) is 37.3 Å². The normalized spacial score (nSPS) is 15.6. The van der Waals surface area contributed by atoms with Crippen LogP contribution in [-0.2, 0) is 19.9 Å². The molecule has 2 aromatic carbocycles. The molecule has 0 aliphatic carbocycles. The standard InChI is InChI=1S/C22H25F3O5/c1-14(18-13-17(27-3)11-12-19(18)28-4)15(2)30-20(26)21(29-5,22(23,24)25)16-9-7-6-8-10-16/h6-15H,1-5H3/t14-,15+,21+/m1/s1. The molecule has 0 unspecified atom stereocenters. The van der Waals surface area contributed by atoms with Crippen molar-refractivity contribution in [1.29, 1.82) is 0 Å². The van der Waals surface area contributed by atoms with Gasteiger partial charge in [-0.2, -0.15) is 13.2 Å². The van der Waals surface area contributed by atoms with Gasteiger partial charge in [0.2, 0.25) is 0 Å². The molecule has 0 bridgehead atoms. The van der Waals surface area contributed by atoms with Gasteiger partial charge in [-0.05, 0) is 25.1 Å². The molecule has 0 aliphatic heterocycles. The lowest BCUT2D eigenvalue weighted by Gasteiger charge is -2.34. The fraction of sp³-hybridized carbons (Fsp3) is 0.409. The summed E-state index contributed by atoms with van der Waals surface area (Å²) in [6, 6.07) is 11.8. The summed E-state index contributed by atoms with van der Waals surface area (Å²) in [7, 11) is 3.81. The van der Waals surface area contributed by atoms with E-state index >= 15 is 0 Å². The Bertz CT molecular complexity index is 854. The van der Waals surface area contributed by atoms with Crippen LogP contribution in [-0.4, -0.2) is 39.6 Å². The number of hydrogen-bond donors (Lipinski definition) is 0. The lowest BCUT2D eigenvalue weighted by Crippen LogP contribution is -2.52. The molecule has 2 rings (SSSR count). The lowest BCUT2D eigenvalue weighted by atomic mass is 9.91. The van der Waals surface area contributed by atoms with E-state index in [1.807, 2.05) is 0 Å². The summed E-state index contributed by atoms with van der Waals surface area (Å²) >= 11 is 0. The second kappa shape index (κ2) is 9.38. The van der Waals surface area contributed by atoms with Crippen LogP contribution in [0.4, 0.5) is 13.2 Å². The summed E-state index contributed by atoms with van der Waals surface area (Å²) in [5.41, 5.74) is -2.96. The third-order valence-corrected chi connectivity index (χ3v) is 5.10. The number of rotatable bonds is 8. The van der Waals surface area contributed by atoms with Gasteiger partial charge in [-0.3, -0.25) is 0 Å². The first-order valence-electron chi connectivity index (χ1n) is 9.22. The minimum absolute atomic E-state index is 0.358. The van der Waals surface area contributed by atoms with Crippen molar-refractivity contribution in [3.8, 4) is 11.5 Å². The summed E-state index contributed by atoms with van der Waals surface area (Å²) < 4.78 is 62.7. The molecule has 0 saturated heterocycles. The van der Waals surface area contributed by atoms with E-state index in [0.29, 0.717) is 17.1 Å². The van der Waals surface area contributed by atoms with Gasteiger partial charge in [0.1, 0.15) is 17.6 Å². The third-order valence-electron chi connectivity index (χ3n) is 5.10. The maximum atomic E-state index is 14.0. The Balaban J connectivity index is 2.38. The van der Waals surface area contributed by atoms with Gasteiger partial charge in [0.05, 0.1) is 14.2 Å². The number of carbonyl (C=O) groups excluding carboxylic acids is 1. The molecule has 0 aromatic heterocycles. The number of hydrogen-bond acceptors (Lipinski definition) is 5. The second-order valence-corrected chi connectivity index (χ2v) is 6.76. The first-order chi connectivity index (χ1) is 14.1. The quantitative estimate of drug-likeness (QED) is 0.566. The number of ether oxygens (including phenoxy) is 4. The third kappa shape index (κ3) is 4.38. The number of alkyl halides is 3. The van der Waals surface area contributed by atoms with Gasteiger partial charge in [0.25, 0.3) is 5.60 Å². The number of methoxy groups -OCH3 is 3. The molecular weight excluding hydrogens is 401 g/mol. The van der Waals surface area contributed by atoms with E-state index < -0.39 is 29.8 Å². The van der Waals surface area contributed by atoms with E-state index in [1.165, 1.54) is 45.4 Å². The fourth-order valence-electron chi connectivity index (χ4n) is 3.19. The fourth-order valence-corrected chi connectivity index (χ4v) is 3.19. The number of benzene rings is 2. The molecular formula is C22H25F3O5. The highest BCUT2D eigenvalue weighted by molar-refractivity contribution is 5.83. The summed E-state index contributed by atoms with van der Waals surface area (Å²) in [4.78, 5) is 12.8. The van der Waals surface area contributed by atoms with Crippen LogP contribution >= 0.6 is 0 Å². The summed E-state index contributed by atoms with van der Waals surface area (Å²) in [5.74, 6) is -0.979. The van der Waals surface area contributed by atoms with Gasteiger partial charge < -0.3 is 18.9 Å². The predicted octanol–water partition coefficient (Wildman–Crippen LogP) is 4.84. The molecule has 30 heavy (non-hydrogen) atoms. The van der Waals surface area contributed by atoms with E-state index in [1.54, 1.807) is 31.2 Å². The monoisotopic (exact) mass is 426 g/mol. The molecule has 0 spiro atoms. The Kier molecular flexibility index (Phi) is 7.36. The SMILES string of the molecule is COc1ccc(OC)c([C@H](C)[C@H](C)OC(=O)[C@@](OC)(c2ccccc2)C(F)(F)F)c1. The highest BCUT2D eigenvalue weighted by Gasteiger charge is 2.64. The average molecular weight is 426 g/mol. The van der Waals surface area contributed by atoms with Gasteiger partial charge >= 0.3 is 12.1 Å². The molecule has 8 heteroatoms. The minimum Gasteiger partial charge on any atom is -0.497 e. The van der Waals surface area contributed by atoms with Gasteiger partial charge in [0.15, 0.2) is 0 Å². The summed E-state index contributed by atoms with van der Waals surface area (Å²) in [6.45, 7) is 3.24. The largest absolute Gasteiger partial charge is 0.497 e. The van der Waals surface area contributed by atoms with E-state index in [4.69, 9.17) is 18.9 Å². The maximum absolute atomic E-state index is 14.0. The van der Waals surface area contributed by atoms with Crippen molar-refractivity contribution >= 4 is 5.97 Å². The van der Waals surface area contributed by atoms with Crippen LogP contribution in [0.15, 0.2) is 48.5 Å². The molecule has 0 N–H and O–H groups in total. The molecule has 0 amide bonds. The van der Waals surface area contributed by atoms with E-state index in [0.717, 1.165) is 7.11 Å².